The van der Waals surface area contributed by atoms with Crippen LogP contribution in [0.15, 0.2) is 24.3 Å². The van der Waals surface area contributed by atoms with Crippen LogP contribution >= 0.6 is 0 Å². The number of carbonyl (C=O) groups is 1. The predicted molar refractivity (Wildman–Crippen MR) is 86.1 cm³/mol. The Balaban J connectivity index is 2.52. The van der Waals surface area contributed by atoms with Crippen LogP contribution in [0.25, 0.3) is 0 Å². The molecule has 0 aliphatic rings. The summed E-state index contributed by atoms with van der Waals surface area (Å²) < 4.78 is 5.66. The molecule has 4 heteroatoms. The maximum atomic E-state index is 12.0. The molecule has 118 valence electrons. The van der Waals surface area contributed by atoms with Crippen LogP contribution in [0.4, 0.5) is 0 Å². The molecule has 21 heavy (non-hydrogen) atoms. The Morgan fingerprint density at radius 3 is 2.71 bits per heavy atom. The third-order valence-corrected chi connectivity index (χ3v) is 3.35. The number of nitrogens with one attached hydrogen (secondary N) is 1. The maximum Gasteiger partial charge on any atom is 0.237 e. The molecule has 3 N–H and O–H groups in total. The molecule has 1 rings (SSSR count). The molecule has 1 amide bonds. The summed E-state index contributed by atoms with van der Waals surface area (Å²) in [6, 6.07) is 7.28. The summed E-state index contributed by atoms with van der Waals surface area (Å²) in [4.78, 5) is 12.0. The number of amides is 1. The molecule has 0 spiro atoms. The number of hydrogen-bond acceptors (Lipinski definition) is 3. The molecule has 1 aromatic rings. The van der Waals surface area contributed by atoms with E-state index in [2.05, 4.69) is 12.2 Å². The lowest BCUT2D eigenvalue weighted by molar-refractivity contribution is -0.124. The van der Waals surface area contributed by atoms with Crippen LogP contribution in [-0.4, -0.2) is 18.6 Å². The second-order valence-corrected chi connectivity index (χ2v) is 6.41. The second kappa shape index (κ2) is 8.03. The Bertz CT molecular complexity index is 452. The van der Waals surface area contributed by atoms with Gasteiger partial charge in [0.25, 0.3) is 0 Å². The highest BCUT2D eigenvalue weighted by Gasteiger charge is 2.27. The average Bonchev–Trinajstić information content (AvgIpc) is 2.44. The Kier molecular flexibility index (Phi) is 6.69. The number of carbonyl (C=O) groups excluding carboxylic acids is 1. The van der Waals surface area contributed by atoms with Crippen molar-refractivity contribution < 1.29 is 9.53 Å². The molecule has 0 saturated carbocycles. The summed E-state index contributed by atoms with van der Waals surface area (Å²) in [6.45, 7) is 9.20. The fraction of sp³-hybridized carbons (Fsp3) is 0.588. The monoisotopic (exact) mass is 292 g/mol. The summed E-state index contributed by atoms with van der Waals surface area (Å²) >= 11 is 0. The Morgan fingerprint density at radius 1 is 1.38 bits per heavy atom. The van der Waals surface area contributed by atoms with E-state index in [0.29, 0.717) is 6.54 Å². The standard InChI is InChI=1S/C17H28N2O2/c1-5-6-10-21-14-9-7-8-13(11-14)12-19-16(20)15(18)17(2,3)4/h7-9,11,15H,5-6,10,12,18H2,1-4H3,(H,19,20)/t15-/m1/s1. The van der Waals surface area contributed by atoms with Crippen LogP contribution in [0.2, 0.25) is 0 Å². The molecule has 0 aliphatic heterocycles. The first-order valence-corrected chi connectivity index (χ1v) is 7.59. The normalized spacial score (nSPS) is 12.8. The lowest BCUT2D eigenvalue weighted by Crippen LogP contribution is -2.48. The van der Waals surface area contributed by atoms with Crippen LogP contribution in [0, 0.1) is 5.41 Å². The third kappa shape index (κ3) is 6.17. The quantitative estimate of drug-likeness (QED) is 0.760. The fourth-order valence-electron chi connectivity index (χ4n) is 1.77. The summed E-state index contributed by atoms with van der Waals surface area (Å²) in [5.41, 5.74) is 6.70. The minimum atomic E-state index is -0.513. The van der Waals surface area contributed by atoms with Crippen molar-refractivity contribution in [3.05, 3.63) is 29.8 Å². The van der Waals surface area contributed by atoms with Crippen molar-refractivity contribution in [2.45, 2.75) is 53.1 Å². The van der Waals surface area contributed by atoms with Gasteiger partial charge in [-0.1, -0.05) is 46.2 Å². The minimum absolute atomic E-state index is 0.125. The Labute approximate surface area is 128 Å². The number of hydrogen-bond donors (Lipinski definition) is 2. The van der Waals surface area contributed by atoms with Gasteiger partial charge in [-0.3, -0.25) is 4.79 Å². The Morgan fingerprint density at radius 2 is 2.10 bits per heavy atom. The summed E-state index contributed by atoms with van der Waals surface area (Å²) in [5, 5.41) is 2.88. The first kappa shape index (κ1) is 17.5. The van der Waals surface area contributed by atoms with E-state index in [1.165, 1.54) is 0 Å². The Hall–Kier alpha value is -1.55. The van der Waals surface area contributed by atoms with Crippen LogP contribution in [0.1, 0.15) is 46.1 Å². The van der Waals surface area contributed by atoms with Crippen molar-refractivity contribution in [1.82, 2.24) is 5.32 Å². The van der Waals surface area contributed by atoms with E-state index in [0.717, 1.165) is 30.8 Å². The summed E-state index contributed by atoms with van der Waals surface area (Å²) in [6.07, 6.45) is 2.15. The largest absolute Gasteiger partial charge is 0.494 e. The molecule has 4 nitrogen and oxygen atoms in total. The van der Waals surface area contributed by atoms with Crippen molar-refractivity contribution >= 4 is 5.91 Å². The van der Waals surface area contributed by atoms with Gasteiger partial charge in [-0.05, 0) is 29.5 Å². The highest BCUT2D eigenvalue weighted by molar-refractivity contribution is 5.82. The van der Waals surface area contributed by atoms with Crippen molar-refractivity contribution in [1.29, 1.82) is 0 Å². The third-order valence-electron chi connectivity index (χ3n) is 3.35. The van der Waals surface area contributed by atoms with Crippen molar-refractivity contribution in [3.63, 3.8) is 0 Å². The zero-order valence-corrected chi connectivity index (χ0v) is 13.6. The molecule has 0 unspecified atom stereocenters. The van der Waals surface area contributed by atoms with Crippen LogP contribution < -0.4 is 15.8 Å². The van der Waals surface area contributed by atoms with E-state index in [1.54, 1.807) is 0 Å². The van der Waals surface area contributed by atoms with Crippen LogP contribution in [-0.2, 0) is 11.3 Å². The predicted octanol–water partition coefficient (Wildman–Crippen LogP) is 2.86. The number of nitrogens with two attached hydrogens (primary N) is 1. The van der Waals surface area contributed by atoms with E-state index in [4.69, 9.17) is 10.5 Å². The molecular formula is C17H28N2O2. The van der Waals surface area contributed by atoms with Gasteiger partial charge >= 0.3 is 0 Å². The molecule has 0 heterocycles. The van der Waals surface area contributed by atoms with Crippen molar-refractivity contribution in [2.24, 2.45) is 11.1 Å². The fourth-order valence-corrected chi connectivity index (χ4v) is 1.77. The molecule has 0 saturated heterocycles. The van der Waals surface area contributed by atoms with Gasteiger partial charge < -0.3 is 15.8 Å². The second-order valence-electron chi connectivity index (χ2n) is 6.41. The smallest absolute Gasteiger partial charge is 0.237 e. The summed E-state index contributed by atoms with van der Waals surface area (Å²) in [7, 11) is 0. The van der Waals surface area contributed by atoms with Gasteiger partial charge in [-0.2, -0.15) is 0 Å². The summed E-state index contributed by atoms with van der Waals surface area (Å²) in [5.74, 6) is 0.718. The SMILES string of the molecule is CCCCOc1cccc(CNC(=O)[C@@H](N)C(C)(C)C)c1. The van der Waals surface area contributed by atoms with Crippen LogP contribution in [0.3, 0.4) is 0 Å². The van der Waals surface area contributed by atoms with Gasteiger partial charge in [0.2, 0.25) is 5.91 Å². The molecule has 0 aliphatic carbocycles. The van der Waals surface area contributed by atoms with Gasteiger partial charge in [0.1, 0.15) is 5.75 Å². The lowest BCUT2D eigenvalue weighted by Gasteiger charge is -2.25. The van der Waals surface area contributed by atoms with E-state index >= 15 is 0 Å². The molecule has 0 fully saturated rings. The molecule has 0 bridgehead atoms. The van der Waals surface area contributed by atoms with Gasteiger partial charge in [-0.25, -0.2) is 0 Å². The van der Waals surface area contributed by atoms with E-state index in [-0.39, 0.29) is 11.3 Å². The number of rotatable bonds is 7. The van der Waals surface area contributed by atoms with Crippen molar-refractivity contribution in [3.8, 4) is 5.75 Å². The average molecular weight is 292 g/mol. The molecular weight excluding hydrogens is 264 g/mol. The topological polar surface area (TPSA) is 64.3 Å². The van der Waals surface area contributed by atoms with Gasteiger partial charge in [0.15, 0.2) is 0 Å². The molecule has 0 radical (unpaired) electrons. The highest BCUT2D eigenvalue weighted by atomic mass is 16.5. The van der Waals surface area contributed by atoms with Crippen molar-refractivity contribution in [2.75, 3.05) is 6.61 Å². The zero-order chi connectivity index (χ0) is 15.9. The van der Waals surface area contributed by atoms with Crippen LogP contribution in [0.5, 0.6) is 5.75 Å². The number of ether oxygens (including phenoxy) is 1. The zero-order valence-electron chi connectivity index (χ0n) is 13.6. The van der Waals surface area contributed by atoms with Gasteiger partial charge in [0.05, 0.1) is 12.6 Å². The highest BCUT2D eigenvalue weighted by Crippen LogP contribution is 2.18. The number of benzene rings is 1. The molecule has 1 atom stereocenters. The molecule has 1 aromatic carbocycles. The molecule has 0 aromatic heterocycles. The van der Waals surface area contributed by atoms with Gasteiger partial charge in [-0.15, -0.1) is 0 Å². The van der Waals surface area contributed by atoms with E-state index < -0.39 is 6.04 Å². The lowest BCUT2D eigenvalue weighted by atomic mass is 9.87. The first-order chi connectivity index (χ1) is 9.84. The minimum Gasteiger partial charge on any atom is -0.494 e. The van der Waals surface area contributed by atoms with E-state index in [1.807, 2.05) is 45.0 Å². The number of unbranched alkanes of at least 4 members (excludes halogenated alkanes) is 1. The first-order valence-electron chi connectivity index (χ1n) is 7.59. The van der Waals surface area contributed by atoms with Gasteiger partial charge in [0, 0.05) is 6.54 Å². The van der Waals surface area contributed by atoms with E-state index in [9.17, 15) is 4.79 Å². The maximum absolute atomic E-state index is 12.0.